The Morgan fingerprint density at radius 3 is 2.42 bits per heavy atom. The molecule has 0 aliphatic carbocycles. The van der Waals surface area contributed by atoms with Gasteiger partial charge >= 0.3 is 6.09 Å². The van der Waals surface area contributed by atoms with Crippen molar-refractivity contribution in [2.75, 3.05) is 11.9 Å². The fourth-order valence-electron chi connectivity index (χ4n) is 1.44. The van der Waals surface area contributed by atoms with E-state index in [9.17, 15) is 14.9 Å². The van der Waals surface area contributed by atoms with Crippen LogP contribution >= 0.6 is 0 Å². The quantitative estimate of drug-likeness (QED) is 0.608. The Morgan fingerprint density at radius 2 is 1.95 bits per heavy atom. The molecule has 0 unspecified atom stereocenters. The Hall–Kier alpha value is -2.11. The average molecular weight is 266 g/mol. The lowest BCUT2D eigenvalue weighted by atomic mass is 10.2. The van der Waals surface area contributed by atoms with Crippen molar-refractivity contribution in [3.63, 3.8) is 0 Å². The Labute approximate surface area is 112 Å². The number of carbonyl (C=O) groups excluding carboxylic acids is 1. The molecule has 0 radical (unpaired) electrons. The lowest BCUT2D eigenvalue weighted by Crippen LogP contribution is -2.34. The van der Waals surface area contributed by atoms with E-state index in [1.165, 1.54) is 18.0 Å². The summed E-state index contributed by atoms with van der Waals surface area (Å²) in [6.07, 6.45) is -0.550. The van der Waals surface area contributed by atoms with Crippen LogP contribution in [0, 0.1) is 17.0 Å². The first-order valence-electron chi connectivity index (χ1n) is 5.83. The second-order valence-electron chi connectivity index (χ2n) is 5.27. The molecule has 1 aromatic rings. The zero-order valence-corrected chi connectivity index (χ0v) is 11.8. The predicted molar refractivity (Wildman–Crippen MR) is 72.5 cm³/mol. The fraction of sp³-hybridized carbons (Fsp3) is 0.462. The topological polar surface area (TPSA) is 72.7 Å². The maximum absolute atomic E-state index is 11.9. The van der Waals surface area contributed by atoms with Crippen LogP contribution in [0.4, 0.5) is 16.2 Å². The van der Waals surface area contributed by atoms with Gasteiger partial charge in [-0.05, 0) is 33.8 Å². The number of amides is 1. The molecule has 0 spiro atoms. The first-order valence-corrected chi connectivity index (χ1v) is 5.83. The van der Waals surface area contributed by atoms with E-state index in [1.54, 1.807) is 39.8 Å². The van der Waals surface area contributed by atoms with Crippen molar-refractivity contribution < 1.29 is 14.5 Å². The molecule has 0 saturated heterocycles. The Kier molecular flexibility index (Phi) is 4.14. The molecule has 1 aromatic carbocycles. The molecule has 1 amide bonds. The van der Waals surface area contributed by atoms with Crippen LogP contribution in [0.1, 0.15) is 26.3 Å². The fourth-order valence-corrected chi connectivity index (χ4v) is 1.44. The van der Waals surface area contributed by atoms with Crippen LogP contribution in [0.15, 0.2) is 18.2 Å². The Bertz CT molecular complexity index is 506. The smallest absolute Gasteiger partial charge is 0.414 e. The summed E-state index contributed by atoms with van der Waals surface area (Å²) in [5.74, 6) is 0. The number of hydrogen-bond donors (Lipinski definition) is 0. The number of nitro benzene ring substituents is 1. The molecule has 6 nitrogen and oxygen atoms in total. The van der Waals surface area contributed by atoms with E-state index >= 15 is 0 Å². The summed E-state index contributed by atoms with van der Waals surface area (Å²) in [5, 5.41) is 10.9. The number of ether oxygens (including phenoxy) is 1. The molecule has 6 heteroatoms. The minimum absolute atomic E-state index is 0.0205. The van der Waals surface area contributed by atoms with E-state index in [2.05, 4.69) is 0 Å². The lowest BCUT2D eigenvalue weighted by Gasteiger charge is -2.24. The second kappa shape index (κ2) is 5.26. The Balaban J connectivity index is 3.00. The van der Waals surface area contributed by atoms with E-state index in [1.807, 2.05) is 0 Å². The third-order valence-corrected chi connectivity index (χ3v) is 2.44. The summed E-state index contributed by atoms with van der Waals surface area (Å²) >= 11 is 0. The van der Waals surface area contributed by atoms with Crippen molar-refractivity contribution in [2.45, 2.75) is 33.3 Å². The second-order valence-corrected chi connectivity index (χ2v) is 5.27. The highest BCUT2D eigenvalue weighted by molar-refractivity contribution is 5.87. The summed E-state index contributed by atoms with van der Waals surface area (Å²) in [7, 11) is 1.52. The zero-order valence-electron chi connectivity index (χ0n) is 11.8. The van der Waals surface area contributed by atoms with Gasteiger partial charge in [0.1, 0.15) is 5.60 Å². The summed E-state index contributed by atoms with van der Waals surface area (Å²) in [4.78, 5) is 23.5. The molecule has 104 valence electrons. The molecule has 0 bridgehead atoms. The van der Waals surface area contributed by atoms with Gasteiger partial charge in [-0.25, -0.2) is 4.79 Å². The van der Waals surface area contributed by atoms with Crippen LogP contribution in [-0.4, -0.2) is 23.7 Å². The molecular formula is C13H18N2O4. The largest absolute Gasteiger partial charge is 0.443 e. The minimum atomic E-state index is -0.609. The monoisotopic (exact) mass is 266 g/mol. The molecular weight excluding hydrogens is 248 g/mol. The highest BCUT2D eigenvalue weighted by atomic mass is 16.6. The number of nitro groups is 1. The summed E-state index contributed by atoms with van der Waals surface area (Å²) in [6, 6.07) is 4.61. The maximum Gasteiger partial charge on any atom is 0.414 e. The van der Waals surface area contributed by atoms with Gasteiger partial charge in [-0.15, -0.1) is 0 Å². The standard InChI is InChI=1S/C13H18N2O4/c1-9-6-7-10(8-11(9)15(17)18)14(5)12(16)19-13(2,3)4/h6-8H,1-5H3. The van der Waals surface area contributed by atoms with Gasteiger partial charge in [0.05, 0.1) is 10.6 Å². The van der Waals surface area contributed by atoms with Crippen LogP contribution in [0.25, 0.3) is 0 Å². The molecule has 0 aromatic heterocycles. The minimum Gasteiger partial charge on any atom is -0.443 e. The highest BCUT2D eigenvalue weighted by Gasteiger charge is 2.22. The molecule has 0 aliphatic rings. The predicted octanol–water partition coefficient (Wildman–Crippen LogP) is 3.27. The third-order valence-electron chi connectivity index (χ3n) is 2.44. The van der Waals surface area contributed by atoms with E-state index in [-0.39, 0.29) is 5.69 Å². The lowest BCUT2D eigenvalue weighted by molar-refractivity contribution is -0.385. The summed E-state index contributed by atoms with van der Waals surface area (Å²) in [5.41, 5.74) is 0.341. The van der Waals surface area contributed by atoms with Crippen molar-refractivity contribution in [1.82, 2.24) is 0 Å². The average Bonchev–Trinajstić information content (AvgIpc) is 2.26. The SMILES string of the molecule is Cc1ccc(N(C)C(=O)OC(C)(C)C)cc1[N+](=O)[O-]. The van der Waals surface area contributed by atoms with E-state index < -0.39 is 16.6 Å². The molecule has 0 N–H and O–H groups in total. The van der Waals surface area contributed by atoms with Gasteiger partial charge in [0.25, 0.3) is 5.69 Å². The molecule has 0 aliphatic heterocycles. The van der Waals surface area contributed by atoms with Crippen molar-refractivity contribution in [1.29, 1.82) is 0 Å². The van der Waals surface area contributed by atoms with Gasteiger partial charge in [-0.2, -0.15) is 0 Å². The number of rotatable bonds is 2. The summed E-state index contributed by atoms with van der Waals surface area (Å²) < 4.78 is 5.20. The number of carbonyl (C=O) groups is 1. The van der Waals surface area contributed by atoms with E-state index in [4.69, 9.17) is 4.74 Å². The first kappa shape index (κ1) is 14.9. The Morgan fingerprint density at radius 1 is 1.37 bits per heavy atom. The van der Waals surface area contributed by atoms with Crippen molar-refractivity contribution in [2.24, 2.45) is 0 Å². The number of aryl methyl sites for hydroxylation is 1. The van der Waals surface area contributed by atoms with Crippen LogP contribution in [0.3, 0.4) is 0 Å². The van der Waals surface area contributed by atoms with Crippen LogP contribution in [0.2, 0.25) is 0 Å². The van der Waals surface area contributed by atoms with E-state index in [0.717, 1.165) is 0 Å². The van der Waals surface area contributed by atoms with Gasteiger partial charge < -0.3 is 4.74 Å². The molecule has 1 rings (SSSR count). The molecule has 0 fully saturated rings. The zero-order chi connectivity index (χ0) is 14.8. The first-order chi connectivity index (χ1) is 8.61. The number of nitrogens with zero attached hydrogens (tertiary/aromatic N) is 2. The van der Waals surface area contributed by atoms with Gasteiger partial charge in [0, 0.05) is 18.7 Å². The van der Waals surface area contributed by atoms with Crippen molar-refractivity contribution in [3.05, 3.63) is 33.9 Å². The summed E-state index contributed by atoms with van der Waals surface area (Å²) in [6.45, 7) is 6.93. The number of hydrogen-bond acceptors (Lipinski definition) is 4. The van der Waals surface area contributed by atoms with Crippen LogP contribution in [-0.2, 0) is 4.74 Å². The number of anilines is 1. The van der Waals surface area contributed by atoms with Gasteiger partial charge in [0.2, 0.25) is 0 Å². The van der Waals surface area contributed by atoms with Crippen LogP contribution < -0.4 is 4.90 Å². The van der Waals surface area contributed by atoms with E-state index in [0.29, 0.717) is 11.3 Å². The van der Waals surface area contributed by atoms with Crippen LogP contribution in [0.5, 0.6) is 0 Å². The molecule has 19 heavy (non-hydrogen) atoms. The van der Waals surface area contributed by atoms with Gasteiger partial charge in [-0.1, -0.05) is 6.07 Å². The number of benzene rings is 1. The third kappa shape index (κ3) is 3.94. The highest BCUT2D eigenvalue weighted by Crippen LogP contribution is 2.25. The normalized spacial score (nSPS) is 11.0. The molecule has 0 heterocycles. The van der Waals surface area contributed by atoms with Gasteiger partial charge in [0.15, 0.2) is 0 Å². The maximum atomic E-state index is 11.9. The molecule has 0 saturated carbocycles. The van der Waals surface area contributed by atoms with Crippen molar-refractivity contribution >= 4 is 17.5 Å². The molecule has 0 atom stereocenters. The van der Waals surface area contributed by atoms with Gasteiger partial charge in [-0.3, -0.25) is 15.0 Å². The van der Waals surface area contributed by atoms with Crippen molar-refractivity contribution in [3.8, 4) is 0 Å².